The number of nitrogens with one attached hydrogen (secondary N) is 2. The molecule has 0 aliphatic rings. The van der Waals surface area contributed by atoms with Crippen LogP contribution in [0.1, 0.15) is 20.3 Å². The number of nitrogens with zero attached hydrogens (tertiary/aromatic N) is 5. The number of hydrogen-bond acceptors (Lipinski definition) is 9. The summed E-state index contributed by atoms with van der Waals surface area (Å²) < 4.78 is 0.850. The number of thioether (sulfide) groups is 2. The van der Waals surface area contributed by atoms with Crippen LogP contribution in [-0.4, -0.2) is 47.0 Å². The summed E-state index contributed by atoms with van der Waals surface area (Å²) in [6, 6.07) is 0. The highest BCUT2D eigenvalue weighted by molar-refractivity contribution is 8.01. The monoisotopic (exact) mass is 381 g/mol. The normalized spacial score (nSPS) is 12.4. The fraction of sp³-hybridized carbons (Fsp3) is 0.385. The Labute approximate surface area is 150 Å². The number of hydrogen-bond donors (Lipinski definition) is 2. The van der Waals surface area contributed by atoms with Crippen molar-refractivity contribution in [1.29, 1.82) is 0 Å². The number of rotatable bonds is 7. The van der Waals surface area contributed by atoms with Crippen LogP contribution in [0.4, 0.5) is 5.13 Å². The second-order valence-corrected chi connectivity index (χ2v) is 8.27. The number of aromatic amines is 1. The van der Waals surface area contributed by atoms with Gasteiger partial charge < -0.3 is 4.98 Å². The molecule has 0 saturated carbocycles. The predicted molar refractivity (Wildman–Crippen MR) is 96.6 cm³/mol. The van der Waals surface area contributed by atoms with E-state index in [-0.39, 0.29) is 11.2 Å². The van der Waals surface area contributed by atoms with Gasteiger partial charge in [-0.1, -0.05) is 48.7 Å². The van der Waals surface area contributed by atoms with E-state index in [2.05, 4.69) is 35.5 Å². The number of aromatic nitrogens is 6. The van der Waals surface area contributed by atoms with E-state index in [0.29, 0.717) is 22.2 Å². The fourth-order valence-electron chi connectivity index (χ4n) is 1.92. The molecule has 0 spiro atoms. The molecule has 3 aromatic heterocycles. The molecule has 2 N–H and O–H groups in total. The van der Waals surface area contributed by atoms with Gasteiger partial charge in [-0.15, -0.1) is 10.2 Å². The van der Waals surface area contributed by atoms with Crippen molar-refractivity contribution in [3.05, 3.63) is 12.7 Å². The number of carbonyl (C=O) groups excluding carboxylic acids is 1. The molecule has 0 radical (unpaired) electrons. The minimum absolute atomic E-state index is 0.113. The van der Waals surface area contributed by atoms with Crippen molar-refractivity contribution in [2.24, 2.45) is 0 Å². The maximum absolute atomic E-state index is 12.5. The molecule has 0 saturated heterocycles. The van der Waals surface area contributed by atoms with Gasteiger partial charge >= 0.3 is 0 Å². The lowest BCUT2D eigenvalue weighted by Crippen LogP contribution is -2.24. The van der Waals surface area contributed by atoms with Gasteiger partial charge in [0, 0.05) is 0 Å². The molecule has 8 nitrogen and oxygen atoms in total. The molecule has 11 heteroatoms. The highest BCUT2D eigenvalue weighted by Gasteiger charge is 2.22. The Kier molecular flexibility index (Phi) is 5.63. The molecule has 0 fully saturated rings. The molecule has 3 rings (SSSR count). The zero-order chi connectivity index (χ0) is 16.9. The van der Waals surface area contributed by atoms with Gasteiger partial charge in [-0.25, -0.2) is 15.0 Å². The average molecular weight is 382 g/mol. The molecule has 1 amide bonds. The van der Waals surface area contributed by atoms with Gasteiger partial charge in [-0.2, -0.15) is 0 Å². The zero-order valence-electron chi connectivity index (χ0n) is 13.0. The molecule has 1 atom stereocenters. The summed E-state index contributed by atoms with van der Waals surface area (Å²) >= 11 is 4.37. The number of carbonyl (C=O) groups is 1. The van der Waals surface area contributed by atoms with Gasteiger partial charge in [-0.3, -0.25) is 10.1 Å². The summed E-state index contributed by atoms with van der Waals surface area (Å²) in [6.45, 7) is 4.01. The second-order valence-electron chi connectivity index (χ2n) is 4.59. The molecule has 126 valence electrons. The molecule has 0 aromatic carbocycles. The number of amides is 1. The third-order valence-electron chi connectivity index (χ3n) is 3.01. The van der Waals surface area contributed by atoms with Gasteiger partial charge in [0.1, 0.15) is 16.9 Å². The maximum Gasteiger partial charge on any atom is 0.239 e. The molecular weight excluding hydrogens is 366 g/mol. The van der Waals surface area contributed by atoms with E-state index >= 15 is 0 Å². The minimum Gasteiger partial charge on any atom is -0.341 e. The predicted octanol–water partition coefficient (Wildman–Crippen LogP) is 2.83. The summed E-state index contributed by atoms with van der Waals surface area (Å²) in [7, 11) is 0. The van der Waals surface area contributed by atoms with E-state index in [4.69, 9.17) is 0 Å². The Morgan fingerprint density at radius 2 is 2.21 bits per heavy atom. The van der Waals surface area contributed by atoms with Crippen molar-refractivity contribution < 1.29 is 4.79 Å². The lowest BCUT2D eigenvalue weighted by Gasteiger charge is -2.12. The molecule has 0 aliphatic heterocycles. The summed E-state index contributed by atoms with van der Waals surface area (Å²) in [5.74, 6) is 0.808. The van der Waals surface area contributed by atoms with Gasteiger partial charge in [0.05, 0.1) is 11.6 Å². The van der Waals surface area contributed by atoms with Crippen LogP contribution in [0, 0.1) is 0 Å². The van der Waals surface area contributed by atoms with Crippen LogP contribution in [0.15, 0.2) is 22.0 Å². The lowest BCUT2D eigenvalue weighted by atomic mass is 10.3. The Morgan fingerprint density at radius 1 is 1.33 bits per heavy atom. The fourth-order valence-corrected chi connectivity index (χ4v) is 4.55. The number of imidazole rings is 1. The second kappa shape index (κ2) is 7.90. The number of fused-ring (bicyclic) bond motifs is 1. The Morgan fingerprint density at radius 3 is 3.00 bits per heavy atom. The van der Waals surface area contributed by atoms with Crippen LogP contribution in [0.5, 0.6) is 0 Å². The summed E-state index contributed by atoms with van der Waals surface area (Å²) in [5.41, 5.74) is 1.33. The molecular formula is C13H15N7OS3. The topological polar surface area (TPSA) is 109 Å². The Hall–Kier alpha value is -1.72. The summed E-state index contributed by atoms with van der Waals surface area (Å²) in [6.07, 6.45) is 3.68. The van der Waals surface area contributed by atoms with Crippen LogP contribution < -0.4 is 5.32 Å². The summed E-state index contributed by atoms with van der Waals surface area (Å²) in [4.78, 5) is 28.0. The van der Waals surface area contributed by atoms with Crippen LogP contribution in [0.25, 0.3) is 11.2 Å². The number of anilines is 1. The van der Waals surface area contributed by atoms with Crippen LogP contribution in [0.2, 0.25) is 0 Å². The van der Waals surface area contributed by atoms with E-state index in [1.807, 2.05) is 13.8 Å². The smallest absolute Gasteiger partial charge is 0.239 e. The maximum atomic E-state index is 12.5. The first-order chi connectivity index (χ1) is 11.7. The van der Waals surface area contributed by atoms with E-state index in [0.717, 1.165) is 15.6 Å². The first-order valence-corrected chi connectivity index (χ1v) is 9.97. The van der Waals surface area contributed by atoms with E-state index < -0.39 is 0 Å². The third-order valence-corrected chi connectivity index (χ3v) is 6.23. The molecule has 0 bridgehead atoms. The highest BCUT2D eigenvalue weighted by Crippen LogP contribution is 2.30. The molecule has 24 heavy (non-hydrogen) atoms. The van der Waals surface area contributed by atoms with Gasteiger partial charge in [0.15, 0.2) is 9.99 Å². The molecule has 3 aromatic rings. The SMILES string of the molecule is CCSc1nnc(NC(=O)[C@@H](CC)Sc2ncnc3nc[nH]c23)s1. The first-order valence-electron chi connectivity index (χ1n) is 7.29. The number of H-pyrrole nitrogens is 1. The Balaban J connectivity index is 1.70. The van der Waals surface area contributed by atoms with Crippen LogP contribution >= 0.6 is 34.9 Å². The minimum atomic E-state index is -0.294. The van der Waals surface area contributed by atoms with Crippen molar-refractivity contribution >= 4 is 57.1 Å². The Bertz CT molecular complexity index is 834. The van der Waals surface area contributed by atoms with Gasteiger partial charge in [0.25, 0.3) is 0 Å². The quantitative estimate of drug-likeness (QED) is 0.365. The van der Waals surface area contributed by atoms with Gasteiger partial charge in [-0.05, 0) is 12.2 Å². The largest absolute Gasteiger partial charge is 0.341 e. The van der Waals surface area contributed by atoms with E-state index in [9.17, 15) is 4.79 Å². The summed E-state index contributed by atoms with van der Waals surface area (Å²) in [5, 5.41) is 11.8. The first kappa shape index (κ1) is 17.1. The highest BCUT2D eigenvalue weighted by atomic mass is 32.2. The standard InChI is InChI=1S/C13H15N7OS3/c1-3-7(10(21)18-12-19-20-13(24-12)22-4-2)23-11-8-9(15-5-14-8)16-6-17-11/h5-7H,3-4H2,1-2H3,(H,18,19,21)(H,14,15,16,17)/t7-/m1/s1. The molecule has 0 unspecified atom stereocenters. The van der Waals surface area contributed by atoms with Crippen molar-refractivity contribution in [3.8, 4) is 0 Å². The van der Waals surface area contributed by atoms with E-state index in [1.54, 1.807) is 18.1 Å². The van der Waals surface area contributed by atoms with Crippen molar-refractivity contribution in [2.45, 2.75) is 34.9 Å². The van der Waals surface area contributed by atoms with Gasteiger partial charge in [0.2, 0.25) is 11.0 Å². The molecule has 3 heterocycles. The zero-order valence-corrected chi connectivity index (χ0v) is 15.5. The van der Waals surface area contributed by atoms with Crippen molar-refractivity contribution in [1.82, 2.24) is 30.1 Å². The lowest BCUT2D eigenvalue weighted by molar-refractivity contribution is -0.115. The van der Waals surface area contributed by atoms with E-state index in [1.165, 1.54) is 29.4 Å². The third kappa shape index (κ3) is 3.84. The van der Waals surface area contributed by atoms with Crippen LogP contribution in [0.3, 0.4) is 0 Å². The molecule has 0 aliphatic carbocycles. The average Bonchev–Trinajstić information content (AvgIpc) is 3.22. The van der Waals surface area contributed by atoms with Crippen LogP contribution in [-0.2, 0) is 4.79 Å². The van der Waals surface area contributed by atoms with Crippen molar-refractivity contribution in [3.63, 3.8) is 0 Å². The van der Waals surface area contributed by atoms with Crippen molar-refractivity contribution in [2.75, 3.05) is 11.1 Å².